The van der Waals surface area contributed by atoms with Gasteiger partial charge in [-0.05, 0) is 57.6 Å². The summed E-state index contributed by atoms with van der Waals surface area (Å²) in [7, 11) is 0. The van der Waals surface area contributed by atoms with Crippen molar-refractivity contribution < 1.29 is 4.42 Å². The van der Waals surface area contributed by atoms with Crippen LogP contribution in [-0.4, -0.2) is 15.5 Å². The van der Waals surface area contributed by atoms with Crippen molar-refractivity contribution in [2.45, 2.75) is 63.3 Å². The molecule has 0 bridgehead atoms. The minimum Gasteiger partial charge on any atom is -0.467 e. The number of nitrogens with one attached hydrogen (secondary N) is 1. The molecule has 0 amide bonds. The molecule has 4 heteroatoms. The Balaban J connectivity index is 1.73. The summed E-state index contributed by atoms with van der Waals surface area (Å²) < 4.78 is 5.67. The molecule has 0 atom stereocenters. The van der Waals surface area contributed by atoms with Gasteiger partial charge in [0.05, 0.1) is 12.8 Å². The average Bonchev–Trinajstić information content (AvgIpc) is 2.98. The minimum absolute atomic E-state index is 0.125. The molecular weight excluding hydrogens is 268 g/mol. The number of nitrogens with zero attached hydrogens (tertiary/aromatic N) is 1. The number of aliphatic imine (C=N–C) groups is 1. The van der Waals surface area contributed by atoms with Crippen LogP contribution < -0.4 is 5.32 Å². The normalized spacial score (nSPS) is 34.5. The molecule has 0 unspecified atom stereocenters. The first-order valence-electron chi connectivity index (χ1n) is 7.55. The van der Waals surface area contributed by atoms with Crippen molar-refractivity contribution in [2.75, 3.05) is 0 Å². The van der Waals surface area contributed by atoms with Crippen LogP contribution in [0.3, 0.4) is 0 Å². The highest BCUT2D eigenvalue weighted by atomic mass is 32.2. The molecule has 1 aromatic rings. The summed E-state index contributed by atoms with van der Waals surface area (Å²) in [6, 6.07) is 3.89. The quantitative estimate of drug-likeness (QED) is 0.887. The summed E-state index contributed by atoms with van der Waals surface area (Å²) in [5.41, 5.74) is 0.125. The predicted octanol–water partition coefficient (Wildman–Crippen LogP) is 4.20. The summed E-state index contributed by atoms with van der Waals surface area (Å²) in [4.78, 5) is 4.70. The minimum atomic E-state index is 0.125. The van der Waals surface area contributed by atoms with Gasteiger partial charge < -0.3 is 9.73 Å². The lowest BCUT2D eigenvalue weighted by Gasteiger charge is -2.43. The van der Waals surface area contributed by atoms with Gasteiger partial charge in [-0.2, -0.15) is 0 Å². The number of hydrogen-bond acceptors (Lipinski definition) is 3. The molecule has 1 N–H and O–H groups in total. The van der Waals surface area contributed by atoms with Crippen LogP contribution in [0.25, 0.3) is 0 Å². The van der Waals surface area contributed by atoms with Crippen molar-refractivity contribution in [1.82, 2.24) is 5.32 Å². The molecule has 2 aliphatic rings. The highest BCUT2D eigenvalue weighted by molar-refractivity contribution is 8.15. The van der Waals surface area contributed by atoms with Gasteiger partial charge in [-0.15, -0.1) is 0 Å². The maximum atomic E-state index is 5.35. The molecule has 1 saturated heterocycles. The summed E-state index contributed by atoms with van der Waals surface area (Å²) in [6.07, 6.45) is 6.96. The number of hydrogen-bond donors (Lipinski definition) is 1. The lowest BCUT2D eigenvalue weighted by atomic mass is 9.73. The Morgan fingerprint density at radius 3 is 2.80 bits per heavy atom. The number of furan rings is 1. The topological polar surface area (TPSA) is 37.5 Å². The number of amidine groups is 1. The molecule has 1 aliphatic carbocycles. The van der Waals surface area contributed by atoms with E-state index in [1.165, 1.54) is 25.7 Å². The standard InChI is InChI=1S/C16H24N2OS/c1-12-6-8-16(9-7-12)15(2,3)18-14(20-16)17-11-13-5-4-10-19-13/h4-5,10,12H,6-9,11H2,1-3H3,(H,17,18). The Labute approximate surface area is 125 Å². The highest BCUT2D eigenvalue weighted by Crippen LogP contribution is 2.52. The van der Waals surface area contributed by atoms with Crippen LogP contribution >= 0.6 is 11.8 Å². The van der Waals surface area contributed by atoms with Gasteiger partial charge in [-0.25, -0.2) is 0 Å². The Bertz CT molecular complexity index is 485. The zero-order valence-electron chi connectivity index (χ0n) is 12.6. The molecule has 20 heavy (non-hydrogen) atoms. The molecule has 0 radical (unpaired) electrons. The third-order valence-electron chi connectivity index (χ3n) is 4.89. The lowest BCUT2D eigenvalue weighted by Crippen LogP contribution is -2.52. The fraction of sp³-hybridized carbons (Fsp3) is 0.688. The summed E-state index contributed by atoms with van der Waals surface area (Å²) in [5.74, 6) is 1.80. The van der Waals surface area contributed by atoms with E-state index in [-0.39, 0.29) is 5.54 Å². The Morgan fingerprint density at radius 1 is 1.40 bits per heavy atom. The van der Waals surface area contributed by atoms with Crippen molar-refractivity contribution in [2.24, 2.45) is 10.9 Å². The van der Waals surface area contributed by atoms with Crippen LogP contribution in [0, 0.1) is 5.92 Å². The van der Waals surface area contributed by atoms with Gasteiger partial charge >= 0.3 is 0 Å². The highest BCUT2D eigenvalue weighted by Gasteiger charge is 2.53. The largest absolute Gasteiger partial charge is 0.467 e. The van der Waals surface area contributed by atoms with Crippen molar-refractivity contribution in [3.63, 3.8) is 0 Å². The second kappa shape index (κ2) is 5.14. The molecule has 1 aliphatic heterocycles. The van der Waals surface area contributed by atoms with Gasteiger partial charge in [0.2, 0.25) is 0 Å². The molecule has 110 valence electrons. The van der Waals surface area contributed by atoms with E-state index >= 15 is 0 Å². The van der Waals surface area contributed by atoms with Gasteiger partial charge in [0.25, 0.3) is 0 Å². The smallest absolute Gasteiger partial charge is 0.158 e. The van der Waals surface area contributed by atoms with Gasteiger partial charge in [0.15, 0.2) is 5.17 Å². The molecule has 3 nitrogen and oxygen atoms in total. The Kier molecular flexibility index (Phi) is 3.61. The van der Waals surface area contributed by atoms with E-state index < -0.39 is 0 Å². The maximum absolute atomic E-state index is 5.35. The zero-order chi connectivity index (χ0) is 14.2. The van der Waals surface area contributed by atoms with Crippen molar-refractivity contribution >= 4 is 16.9 Å². The van der Waals surface area contributed by atoms with Crippen molar-refractivity contribution in [1.29, 1.82) is 0 Å². The van der Waals surface area contributed by atoms with Gasteiger partial charge in [-0.3, -0.25) is 4.99 Å². The second-order valence-electron chi connectivity index (χ2n) is 6.73. The van der Waals surface area contributed by atoms with E-state index in [2.05, 4.69) is 26.1 Å². The van der Waals surface area contributed by atoms with Crippen molar-refractivity contribution in [3.05, 3.63) is 24.2 Å². The van der Waals surface area contributed by atoms with E-state index in [1.807, 2.05) is 23.9 Å². The van der Waals surface area contributed by atoms with Crippen LogP contribution in [0.1, 0.15) is 52.2 Å². The van der Waals surface area contributed by atoms with Crippen LogP contribution in [0.4, 0.5) is 0 Å². The molecule has 2 heterocycles. The lowest BCUT2D eigenvalue weighted by molar-refractivity contribution is 0.231. The first-order chi connectivity index (χ1) is 9.51. The van der Waals surface area contributed by atoms with E-state index in [4.69, 9.17) is 9.41 Å². The zero-order valence-corrected chi connectivity index (χ0v) is 13.4. The molecule has 3 rings (SSSR count). The van der Waals surface area contributed by atoms with E-state index in [0.29, 0.717) is 11.3 Å². The third kappa shape index (κ3) is 2.50. The fourth-order valence-corrected chi connectivity index (χ4v) is 4.85. The Hall–Kier alpha value is -0.900. The summed E-state index contributed by atoms with van der Waals surface area (Å²) >= 11 is 1.96. The second-order valence-corrected chi connectivity index (χ2v) is 8.10. The number of rotatable bonds is 2. The van der Waals surface area contributed by atoms with Gasteiger partial charge in [0.1, 0.15) is 5.76 Å². The molecule has 1 spiro atoms. The molecular formula is C16H24N2OS. The number of thioether (sulfide) groups is 1. The monoisotopic (exact) mass is 292 g/mol. The predicted molar refractivity (Wildman–Crippen MR) is 85.0 cm³/mol. The third-order valence-corrected chi connectivity index (χ3v) is 6.62. The molecule has 1 saturated carbocycles. The van der Waals surface area contributed by atoms with Gasteiger partial charge in [-0.1, -0.05) is 18.7 Å². The van der Waals surface area contributed by atoms with Crippen LogP contribution in [0.15, 0.2) is 27.8 Å². The SMILES string of the molecule is CC1CCC2(CC1)SC(=NCc1ccco1)NC2(C)C. The molecule has 1 aromatic heterocycles. The van der Waals surface area contributed by atoms with E-state index in [9.17, 15) is 0 Å². The summed E-state index contributed by atoms with van der Waals surface area (Å²) in [5, 5.41) is 4.72. The maximum Gasteiger partial charge on any atom is 0.158 e. The van der Waals surface area contributed by atoms with Crippen LogP contribution in [0.5, 0.6) is 0 Å². The molecule has 0 aromatic carbocycles. The Morgan fingerprint density at radius 2 is 2.15 bits per heavy atom. The van der Waals surface area contributed by atoms with Gasteiger partial charge in [0, 0.05) is 10.3 Å². The van der Waals surface area contributed by atoms with E-state index in [0.717, 1.165) is 16.8 Å². The average molecular weight is 292 g/mol. The fourth-order valence-electron chi connectivity index (χ4n) is 3.30. The van der Waals surface area contributed by atoms with Crippen molar-refractivity contribution in [3.8, 4) is 0 Å². The van der Waals surface area contributed by atoms with E-state index in [1.54, 1.807) is 6.26 Å². The van der Waals surface area contributed by atoms with Crippen LogP contribution in [0.2, 0.25) is 0 Å². The molecule has 2 fully saturated rings. The first kappa shape index (κ1) is 14.1. The van der Waals surface area contributed by atoms with Crippen LogP contribution in [-0.2, 0) is 6.54 Å². The first-order valence-corrected chi connectivity index (χ1v) is 8.36. The summed E-state index contributed by atoms with van der Waals surface area (Å²) in [6.45, 7) is 7.65.